The van der Waals surface area contributed by atoms with Crippen LogP contribution in [0.3, 0.4) is 0 Å². The van der Waals surface area contributed by atoms with Gasteiger partial charge < -0.3 is 10.1 Å². The third-order valence-electron chi connectivity index (χ3n) is 5.59. The molecule has 140 valence electrons. The molecule has 0 saturated carbocycles. The van der Waals surface area contributed by atoms with Crippen molar-refractivity contribution in [2.24, 2.45) is 11.8 Å². The Morgan fingerprint density at radius 2 is 2.19 bits per heavy atom. The number of ether oxygens (including phenoxy) is 1. The number of carbonyl (C=O) groups is 1. The minimum Gasteiger partial charge on any atom is -0.493 e. The highest BCUT2D eigenvalue weighted by Crippen LogP contribution is 2.38. The number of nitrogens with one attached hydrogen (secondary N) is 1. The minimum atomic E-state index is 0.00479. The third kappa shape index (κ3) is 3.96. The Morgan fingerprint density at radius 3 is 2.88 bits per heavy atom. The fraction of sp³-hybridized carbons (Fsp3) is 0.500. The highest BCUT2D eigenvalue weighted by molar-refractivity contribution is 7.14. The van der Waals surface area contributed by atoms with Crippen LogP contribution < -0.4 is 10.1 Å². The highest BCUT2D eigenvalue weighted by Gasteiger charge is 2.30. The summed E-state index contributed by atoms with van der Waals surface area (Å²) in [6.45, 7) is 9.30. The maximum Gasteiger partial charge on any atom is 0.228 e. The fourth-order valence-electron chi connectivity index (χ4n) is 3.91. The molecule has 0 spiro atoms. The van der Waals surface area contributed by atoms with Crippen LogP contribution in [-0.2, 0) is 17.6 Å². The van der Waals surface area contributed by atoms with Gasteiger partial charge in [0.25, 0.3) is 0 Å². The standard InChI is InChI=1S/C22H29NO2S/c1-5-10-25-20-12-14(2)18-9-8-17(13-19(18)16(20)4)15(3)22(24)23-21-7-6-11-26-21/h6-7,11-12,15,17H,5,8-10,13H2,1-4H3,(H,23,24)/t15-,17+/m0/s1. The molecule has 1 aromatic carbocycles. The van der Waals surface area contributed by atoms with E-state index in [0.29, 0.717) is 5.92 Å². The van der Waals surface area contributed by atoms with Gasteiger partial charge in [-0.05, 0) is 91.3 Å². The number of rotatable bonds is 6. The second kappa shape index (κ2) is 8.26. The zero-order valence-electron chi connectivity index (χ0n) is 16.2. The van der Waals surface area contributed by atoms with Crippen LogP contribution in [0.1, 0.15) is 48.9 Å². The fourth-order valence-corrected chi connectivity index (χ4v) is 4.53. The van der Waals surface area contributed by atoms with E-state index in [9.17, 15) is 4.79 Å². The van der Waals surface area contributed by atoms with Gasteiger partial charge in [-0.2, -0.15) is 0 Å². The van der Waals surface area contributed by atoms with Crippen molar-refractivity contribution >= 4 is 22.2 Å². The van der Waals surface area contributed by atoms with Crippen molar-refractivity contribution in [1.82, 2.24) is 0 Å². The molecule has 0 radical (unpaired) electrons. The van der Waals surface area contributed by atoms with Gasteiger partial charge in [0.15, 0.2) is 0 Å². The lowest BCUT2D eigenvalue weighted by Crippen LogP contribution is -2.31. The second-order valence-electron chi connectivity index (χ2n) is 7.38. The summed E-state index contributed by atoms with van der Waals surface area (Å²) in [7, 11) is 0. The molecule has 4 heteroatoms. The summed E-state index contributed by atoms with van der Waals surface area (Å²) in [6.07, 6.45) is 4.10. The average molecular weight is 372 g/mol. The van der Waals surface area contributed by atoms with Crippen molar-refractivity contribution in [2.45, 2.75) is 53.4 Å². The lowest BCUT2D eigenvalue weighted by Gasteiger charge is -2.31. The van der Waals surface area contributed by atoms with Crippen LogP contribution >= 0.6 is 11.3 Å². The Kier molecular flexibility index (Phi) is 6.02. The van der Waals surface area contributed by atoms with E-state index in [-0.39, 0.29) is 11.8 Å². The van der Waals surface area contributed by atoms with E-state index < -0.39 is 0 Å². The summed E-state index contributed by atoms with van der Waals surface area (Å²) >= 11 is 1.57. The first-order valence-corrected chi connectivity index (χ1v) is 10.5. The molecule has 0 saturated heterocycles. The third-order valence-corrected chi connectivity index (χ3v) is 6.38. The SMILES string of the molecule is CCCOc1cc(C)c2c(c1C)C[C@H]([C@H](C)C(=O)Nc1cccs1)CC2. The van der Waals surface area contributed by atoms with E-state index in [0.717, 1.165) is 43.0 Å². The Morgan fingerprint density at radius 1 is 1.38 bits per heavy atom. The average Bonchev–Trinajstić information content (AvgIpc) is 3.15. The quantitative estimate of drug-likeness (QED) is 0.724. The summed E-state index contributed by atoms with van der Waals surface area (Å²) in [4.78, 5) is 12.7. The number of benzene rings is 1. The van der Waals surface area contributed by atoms with Crippen molar-refractivity contribution in [3.8, 4) is 5.75 Å². The van der Waals surface area contributed by atoms with E-state index in [2.05, 4.69) is 39.1 Å². The lowest BCUT2D eigenvalue weighted by molar-refractivity contribution is -0.121. The van der Waals surface area contributed by atoms with E-state index in [1.165, 1.54) is 22.3 Å². The van der Waals surface area contributed by atoms with Crippen molar-refractivity contribution in [1.29, 1.82) is 0 Å². The molecule has 0 unspecified atom stereocenters. The molecule has 0 bridgehead atoms. The number of fused-ring (bicyclic) bond motifs is 1. The van der Waals surface area contributed by atoms with Crippen molar-refractivity contribution in [3.63, 3.8) is 0 Å². The minimum absolute atomic E-state index is 0.00479. The maximum atomic E-state index is 12.7. The normalized spacial score (nSPS) is 17.5. The van der Waals surface area contributed by atoms with E-state index in [1.807, 2.05) is 17.5 Å². The second-order valence-corrected chi connectivity index (χ2v) is 8.33. The van der Waals surface area contributed by atoms with Gasteiger partial charge in [-0.3, -0.25) is 4.79 Å². The van der Waals surface area contributed by atoms with E-state index in [4.69, 9.17) is 4.74 Å². The van der Waals surface area contributed by atoms with Crippen LogP contribution in [0.4, 0.5) is 5.00 Å². The first kappa shape index (κ1) is 19.0. The van der Waals surface area contributed by atoms with Crippen LogP contribution in [0.15, 0.2) is 23.6 Å². The Hall–Kier alpha value is -1.81. The van der Waals surface area contributed by atoms with Gasteiger partial charge >= 0.3 is 0 Å². The first-order chi connectivity index (χ1) is 12.5. The number of hydrogen-bond donors (Lipinski definition) is 1. The van der Waals surface area contributed by atoms with Gasteiger partial charge in [-0.25, -0.2) is 0 Å². The molecule has 3 rings (SSSR count). The van der Waals surface area contributed by atoms with Crippen LogP contribution in [0.2, 0.25) is 0 Å². The highest BCUT2D eigenvalue weighted by atomic mass is 32.1. The van der Waals surface area contributed by atoms with Gasteiger partial charge in [-0.1, -0.05) is 13.8 Å². The number of anilines is 1. The zero-order valence-corrected chi connectivity index (χ0v) is 17.0. The van der Waals surface area contributed by atoms with E-state index >= 15 is 0 Å². The number of aryl methyl sites for hydroxylation is 1. The van der Waals surface area contributed by atoms with Gasteiger partial charge in [-0.15, -0.1) is 11.3 Å². The number of hydrogen-bond acceptors (Lipinski definition) is 3. The summed E-state index contributed by atoms with van der Waals surface area (Å²) in [5, 5.41) is 5.98. The maximum absolute atomic E-state index is 12.7. The first-order valence-electron chi connectivity index (χ1n) is 9.60. The molecule has 1 heterocycles. The Balaban J connectivity index is 1.77. The monoisotopic (exact) mass is 371 g/mol. The molecule has 2 aromatic rings. The van der Waals surface area contributed by atoms with Crippen molar-refractivity contribution in [2.75, 3.05) is 11.9 Å². The molecular formula is C22H29NO2S. The smallest absolute Gasteiger partial charge is 0.228 e. The number of carbonyl (C=O) groups excluding carboxylic acids is 1. The van der Waals surface area contributed by atoms with Gasteiger partial charge in [0.05, 0.1) is 11.6 Å². The molecule has 1 aliphatic carbocycles. The van der Waals surface area contributed by atoms with Crippen molar-refractivity contribution in [3.05, 3.63) is 45.8 Å². The van der Waals surface area contributed by atoms with Crippen LogP contribution in [0.25, 0.3) is 0 Å². The van der Waals surface area contributed by atoms with Crippen LogP contribution in [-0.4, -0.2) is 12.5 Å². The van der Waals surface area contributed by atoms with E-state index in [1.54, 1.807) is 11.3 Å². The Bertz CT molecular complexity index is 767. The number of thiophene rings is 1. The summed E-state index contributed by atoms with van der Waals surface area (Å²) in [6, 6.07) is 6.11. The lowest BCUT2D eigenvalue weighted by atomic mass is 9.75. The summed E-state index contributed by atoms with van der Waals surface area (Å²) in [5.41, 5.74) is 5.46. The Labute approximate surface area is 160 Å². The van der Waals surface area contributed by atoms with Crippen LogP contribution in [0, 0.1) is 25.7 Å². The van der Waals surface area contributed by atoms with Gasteiger partial charge in [0.1, 0.15) is 5.75 Å². The summed E-state index contributed by atoms with van der Waals surface area (Å²) < 4.78 is 5.97. The predicted octanol–water partition coefficient (Wildman–Crippen LogP) is 5.53. The molecule has 3 nitrogen and oxygen atoms in total. The molecule has 0 fully saturated rings. The molecule has 1 amide bonds. The van der Waals surface area contributed by atoms with Gasteiger partial charge in [0, 0.05) is 5.92 Å². The largest absolute Gasteiger partial charge is 0.493 e. The molecule has 26 heavy (non-hydrogen) atoms. The molecule has 1 N–H and O–H groups in total. The number of amides is 1. The topological polar surface area (TPSA) is 38.3 Å². The van der Waals surface area contributed by atoms with Crippen LogP contribution in [0.5, 0.6) is 5.75 Å². The molecule has 2 atom stereocenters. The molecular weight excluding hydrogens is 342 g/mol. The molecule has 1 aromatic heterocycles. The molecule has 1 aliphatic rings. The zero-order chi connectivity index (χ0) is 18.7. The van der Waals surface area contributed by atoms with Crippen molar-refractivity contribution < 1.29 is 9.53 Å². The summed E-state index contributed by atoms with van der Waals surface area (Å²) in [5.74, 6) is 1.53. The molecule has 0 aliphatic heterocycles. The predicted molar refractivity (Wildman–Crippen MR) is 109 cm³/mol. The van der Waals surface area contributed by atoms with Gasteiger partial charge in [0.2, 0.25) is 5.91 Å².